The minimum Gasteiger partial charge on any atom is -0.366 e. The molecule has 0 aromatic rings. The summed E-state index contributed by atoms with van der Waals surface area (Å²) in [4.78, 5) is 11.5. The zero-order valence-electron chi connectivity index (χ0n) is 7.86. The zero-order valence-corrected chi connectivity index (χ0v) is 8.68. The molecule has 1 aliphatic heterocycles. The summed E-state index contributed by atoms with van der Waals surface area (Å²) in [5, 5.41) is 5.95. The number of morpholine rings is 1. The van der Waals surface area contributed by atoms with E-state index in [0.717, 1.165) is 13.0 Å². The van der Waals surface area contributed by atoms with Crippen LogP contribution < -0.4 is 16.4 Å². The van der Waals surface area contributed by atoms with E-state index in [-0.39, 0.29) is 36.5 Å². The van der Waals surface area contributed by atoms with Crippen molar-refractivity contribution in [3.8, 4) is 0 Å². The van der Waals surface area contributed by atoms with Gasteiger partial charge in [0, 0.05) is 25.2 Å². The number of rotatable bonds is 2. The molecule has 82 valence electrons. The molecule has 2 rings (SSSR count). The molecule has 2 fully saturated rings. The molecule has 0 aromatic heterocycles. The van der Waals surface area contributed by atoms with E-state index in [1.165, 1.54) is 0 Å². The Morgan fingerprint density at radius 3 is 2.79 bits per heavy atom. The largest absolute Gasteiger partial charge is 0.366 e. The Bertz CT molecular complexity index is 209. The van der Waals surface area contributed by atoms with Gasteiger partial charge in [0.25, 0.3) is 5.91 Å². The second-order valence-corrected chi connectivity index (χ2v) is 3.58. The number of hydrogen-bond donors (Lipinski definition) is 3. The number of carbonyl (C=O) groups excluding carboxylic acids is 1. The van der Waals surface area contributed by atoms with Crippen molar-refractivity contribution in [2.45, 2.75) is 24.6 Å². The summed E-state index contributed by atoms with van der Waals surface area (Å²) in [6, 6.07) is 0.332. The third-order valence-corrected chi connectivity index (χ3v) is 2.39. The van der Waals surface area contributed by atoms with E-state index in [9.17, 15) is 4.79 Å². The molecular formula is C8H16ClN3O2. The number of nitrogens with two attached hydrogens (primary N) is 1. The molecule has 1 heterocycles. The Balaban J connectivity index is 0.000000980. The van der Waals surface area contributed by atoms with Crippen molar-refractivity contribution < 1.29 is 9.53 Å². The third-order valence-electron chi connectivity index (χ3n) is 2.39. The molecule has 3 atom stereocenters. The third kappa shape index (κ3) is 2.81. The minimum atomic E-state index is -0.332. The van der Waals surface area contributed by atoms with Crippen LogP contribution in [0.25, 0.3) is 0 Å². The van der Waals surface area contributed by atoms with Crippen LogP contribution in [0.3, 0.4) is 0 Å². The lowest BCUT2D eigenvalue weighted by Crippen LogP contribution is -2.48. The monoisotopic (exact) mass is 221 g/mol. The first-order valence-corrected chi connectivity index (χ1v) is 4.65. The zero-order chi connectivity index (χ0) is 9.26. The van der Waals surface area contributed by atoms with E-state index in [4.69, 9.17) is 10.5 Å². The second kappa shape index (κ2) is 4.93. The Morgan fingerprint density at radius 2 is 2.29 bits per heavy atom. The number of halogens is 1. The normalized spacial score (nSPS) is 35.6. The van der Waals surface area contributed by atoms with Crippen LogP contribution in [0.1, 0.15) is 6.42 Å². The van der Waals surface area contributed by atoms with E-state index in [0.29, 0.717) is 13.2 Å². The van der Waals surface area contributed by atoms with Crippen molar-refractivity contribution in [1.82, 2.24) is 10.6 Å². The van der Waals surface area contributed by atoms with Gasteiger partial charge in [-0.05, 0) is 6.42 Å². The first-order chi connectivity index (χ1) is 6.27. The number of carbonyl (C=O) groups is 1. The smallest absolute Gasteiger partial charge is 0.250 e. The van der Waals surface area contributed by atoms with Crippen LogP contribution in [0, 0.1) is 0 Å². The number of ether oxygens (including phenoxy) is 1. The van der Waals surface area contributed by atoms with Crippen LogP contribution in [0.4, 0.5) is 0 Å². The van der Waals surface area contributed by atoms with Gasteiger partial charge < -0.3 is 21.1 Å². The summed E-state index contributed by atoms with van der Waals surface area (Å²) in [7, 11) is 0. The van der Waals surface area contributed by atoms with Gasteiger partial charge in [0.15, 0.2) is 0 Å². The second-order valence-electron chi connectivity index (χ2n) is 3.58. The number of amides is 1. The van der Waals surface area contributed by atoms with Crippen LogP contribution in [-0.4, -0.2) is 43.8 Å². The molecule has 1 saturated heterocycles. The molecule has 6 heteroatoms. The summed E-state index contributed by atoms with van der Waals surface area (Å²) < 4.78 is 5.29. The van der Waals surface area contributed by atoms with Gasteiger partial charge in [0.2, 0.25) is 0 Å². The highest BCUT2D eigenvalue weighted by Crippen LogP contribution is 2.17. The van der Waals surface area contributed by atoms with Gasteiger partial charge in [-0.2, -0.15) is 0 Å². The van der Waals surface area contributed by atoms with Gasteiger partial charge in [-0.1, -0.05) is 0 Å². The summed E-state index contributed by atoms with van der Waals surface area (Å²) in [6.45, 7) is 2.04. The van der Waals surface area contributed by atoms with Crippen molar-refractivity contribution >= 4 is 18.3 Å². The van der Waals surface area contributed by atoms with Crippen LogP contribution in [0.15, 0.2) is 0 Å². The molecule has 1 amide bonds. The van der Waals surface area contributed by atoms with E-state index in [2.05, 4.69) is 10.6 Å². The molecule has 0 spiro atoms. The van der Waals surface area contributed by atoms with Gasteiger partial charge in [-0.25, -0.2) is 0 Å². The Morgan fingerprint density at radius 1 is 1.57 bits per heavy atom. The highest BCUT2D eigenvalue weighted by atomic mass is 35.5. The Kier molecular flexibility index (Phi) is 4.12. The predicted molar refractivity (Wildman–Crippen MR) is 54.4 cm³/mol. The molecular weight excluding hydrogens is 206 g/mol. The summed E-state index contributed by atoms with van der Waals surface area (Å²) in [5.41, 5.74) is 5.57. The van der Waals surface area contributed by atoms with Crippen LogP contribution in [-0.2, 0) is 9.53 Å². The molecule has 1 saturated carbocycles. The van der Waals surface area contributed by atoms with Crippen molar-refractivity contribution in [1.29, 1.82) is 0 Å². The molecule has 4 N–H and O–H groups in total. The number of hydrogen-bond acceptors (Lipinski definition) is 4. The molecule has 5 nitrogen and oxygen atoms in total. The number of nitrogens with one attached hydrogen (secondary N) is 2. The van der Waals surface area contributed by atoms with Gasteiger partial charge in [-0.3, -0.25) is 4.79 Å². The van der Waals surface area contributed by atoms with Gasteiger partial charge in [0.05, 0.1) is 6.61 Å². The summed E-state index contributed by atoms with van der Waals surface area (Å²) >= 11 is 0. The lowest BCUT2D eigenvalue weighted by Gasteiger charge is -2.22. The summed E-state index contributed by atoms with van der Waals surface area (Å²) in [5.74, 6) is -0.0369. The molecule has 1 aliphatic carbocycles. The van der Waals surface area contributed by atoms with Crippen molar-refractivity contribution in [2.75, 3.05) is 19.7 Å². The predicted octanol–water partition coefficient (Wildman–Crippen LogP) is -1.39. The fourth-order valence-electron chi connectivity index (χ4n) is 1.39. The molecule has 14 heavy (non-hydrogen) atoms. The molecule has 3 unspecified atom stereocenters. The van der Waals surface area contributed by atoms with Crippen molar-refractivity contribution in [2.24, 2.45) is 5.73 Å². The van der Waals surface area contributed by atoms with Gasteiger partial charge in [0.1, 0.15) is 6.10 Å². The maximum atomic E-state index is 11.5. The van der Waals surface area contributed by atoms with E-state index in [1.54, 1.807) is 0 Å². The highest BCUT2D eigenvalue weighted by molar-refractivity contribution is 5.85. The van der Waals surface area contributed by atoms with E-state index < -0.39 is 0 Å². The quantitative estimate of drug-likeness (QED) is 0.537. The fourth-order valence-corrected chi connectivity index (χ4v) is 1.39. The first kappa shape index (κ1) is 11.7. The van der Waals surface area contributed by atoms with Crippen molar-refractivity contribution in [3.05, 3.63) is 0 Å². The standard InChI is InChI=1S/C8H15N3O2.ClH/c9-5-3-6(5)11-8(12)7-4-10-1-2-13-7;/h5-7,10H,1-4,9H2,(H,11,12);1H. The van der Waals surface area contributed by atoms with Crippen LogP contribution in [0.5, 0.6) is 0 Å². The minimum absolute atomic E-state index is 0. The van der Waals surface area contributed by atoms with Gasteiger partial charge in [-0.15, -0.1) is 12.4 Å². The molecule has 0 aromatic carbocycles. The molecule has 2 aliphatic rings. The Labute approximate surface area is 89.1 Å². The molecule has 0 radical (unpaired) electrons. The lowest BCUT2D eigenvalue weighted by molar-refractivity contribution is -0.134. The average molecular weight is 222 g/mol. The highest BCUT2D eigenvalue weighted by Gasteiger charge is 2.36. The Hall–Kier alpha value is -0.360. The average Bonchev–Trinajstić information content (AvgIpc) is 2.83. The van der Waals surface area contributed by atoms with Crippen LogP contribution in [0.2, 0.25) is 0 Å². The maximum absolute atomic E-state index is 11.5. The van der Waals surface area contributed by atoms with Crippen molar-refractivity contribution in [3.63, 3.8) is 0 Å². The maximum Gasteiger partial charge on any atom is 0.250 e. The van der Waals surface area contributed by atoms with E-state index in [1.807, 2.05) is 0 Å². The molecule has 0 bridgehead atoms. The van der Waals surface area contributed by atoms with Gasteiger partial charge >= 0.3 is 0 Å². The fraction of sp³-hybridized carbons (Fsp3) is 0.875. The van der Waals surface area contributed by atoms with Crippen LogP contribution >= 0.6 is 12.4 Å². The topological polar surface area (TPSA) is 76.4 Å². The lowest BCUT2D eigenvalue weighted by atomic mass is 10.3. The SMILES string of the molecule is Cl.NC1CC1NC(=O)C1CNCCO1. The summed E-state index contributed by atoms with van der Waals surface area (Å²) in [6.07, 6.45) is 0.563. The first-order valence-electron chi connectivity index (χ1n) is 4.65. The van der Waals surface area contributed by atoms with E-state index >= 15 is 0 Å².